The van der Waals surface area contributed by atoms with Crippen LogP contribution in [-0.4, -0.2) is 23.9 Å². The van der Waals surface area contributed by atoms with E-state index >= 15 is 0 Å². The number of carbonyl (C=O) groups excluding carboxylic acids is 2. The van der Waals surface area contributed by atoms with Gasteiger partial charge >= 0.3 is 0 Å². The van der Waals surface area contributed by atoms with E-state index < -0.39 is 0 Å². The zero-order chi connectivity index (χ0) is 32.5. The molecule has 0 aromatic heterocycles. The number of ether oxygens (including phenoxy) is 2. The number of amides is 2. The molecule has 2 amide bonds. The van der Waals surface area contributed by atoms with Gasteiger partial charge in [0.15, 0.2) is 0 Å². The minimum absolute atomic E-state index is 0. The van der Waals surface area contributed by atoms with Crippen molar-refractivity contribution in [2.75, 3.05) is 0 Å². The average molecular weight is 702 g/mol. The van der Waals surface area contributed by atoms with E-state index in [0.29, 0.717) is 22.6 Å². The summed E-state index contributed by atoms with van der Waals surface area (Å²) in [7, 11) is 0. The maximum absolute atomic E-state index is 13.5. The van der Waals surface area contributed by atoms with E-state index in [-0.39, 0.29) is 85.6 Å². The number of rotatable bonds is 10. The third kappa shape index (κ3) is 10.4. The lowest BCUT2D eigenvalue weighted by molar-refractivity contribution is -0.120. The van der Waals surface area contributed by atoms with Gasteiger partial charge in [-0.25, -0.2) is 8.78 Å². The van der Waals surface area contributed by atoms with Crippen molar-refractivity contribution in [2.45, 2.75) is 63.1 Å². The number of primary amides is 2. The summed E-state index contributed by atoms with van der Waals surface area (Å²) in [6.07, 6.45) is 3.27. The summed E-state index contributed by atoms with van der Waals surface area (Å²) in [5.41, 5.74) is 13.9. The van der Waals surface area contributed by atoms with Crippen LogP contribution in [0.5, 0.6) is 11.5 Å². The second-order valence-electron chi connectivity index (χ2n) is 11.4. The van der Waals surface area contributed by atoms with Crippen molar-refractivity contribution in [1.82, 2.24) is 10.6 Å². The highest BCUT2D eigenvalue weighted by Crippen LogP contribution is 2.29. The second-order valence-corrected chi connectivity index (χ2v) is 11.4. The molecule has 0 saturated carbocycles. The summed E-state index contributed by atoms with van der Waals surface area (Å²) < 4.78 is 38.3. The molecule has 2 aliphatic heterocycles. The Labute approximate surface area is 291 Å². The van der Waals surface area contributed by atoms with E-state index in [4.69, 9.17) is 20.9 Å². The highest BCUT2D eigenvalue weighted by Gasteiger charge is 2.29. The molecular formula is C36H40Cl2F2N4O4. The molecule has 2 aliphatic rings. The topological polar surface area (TPSA) is 129 Å². The molecule has 2 fully saturated rings. The Morgan fingerprint density at radius 2 is 0.938 bits per heavy atom. The number of nitrogens with one attached hydrogen (secondary N) is 2. The number of hydrogen-bond acceptors (Lipinski definition) is 6. The Bertz CT molecular complexity index is 1510. The van der Waals surface area contributed by atoms with Gasteiger partial charge in [0.2, 0.25) is 11.8 Å². The Balaban J connectivity index is 0.000000250. The van der Waals surface area contributed by atoms with E-state index in [1.54, 1.807) is 36.4 Å². The van der Waals surface area contributed by atoms with Crippen LogP contribution in [0.1, 0.15) is 60.0 Å². The second kappa shape index (κ2) is 18.4. The van der Waals surface area contributed by atoms with Gasteiger partial charge in [0.1, 0.15) is 36.3 Å². The van der Waals surface area contributed by atoms with Crippen LogP contribution in [-0.2, 0) is 22.8 Å². The highest BCUT2D eigenvalue weighted by atomic mass is 35.5. The lowest BCUT2D eigenvalue weighted by Gasteiger charge is -2.13. The largest absolute Gasteiger partial charge is 0.489 e. The number of benzene rings is 4. The third-order valence-electron chi connectivity index (χ3n) is 8.25. The van der Waals surface area contributed by atoms with Crippen LogP contribution in [0.4, 0.5) is 8.78 Å². The molecule has 4 aromatic carbocycles. The molecule has 0 bridgehead atoms. The molecular weight excluding hydrogens is 661 g/mol. The summed E-state index contributed by atoms with van der Waals surface area (Å²) in [6, 6.07) is 28.1. The maximum Gasteiger partial charge on any atom is 0.234 e. The van der Waals surface area contributed by atoms with Gasteiger partial charge in [0, 0.05) is 23.2 Å². The number of carbonyl (C=O) groups is 2. The predicted octanol–water partition coefficient (Wildman–Crippen LogP) is 6.21. The van der Waals surface area contributed by atoms with E-state index in [2.05, 4.69) is 10.6 Å². The average Bonchev–Trinajstić information content (AvgIpc) is 3.77. The van der Waals surface area contributed by atoms with Crippen molar-refractivity contribution < 1.29 is 27.8 Å². The van der Waals surface area contributed by atoms with Crippen molar-refractivity contribution >= 4 is 36.6 Å². The van der Waals surface area contributed by atoms with Crippen molar-refractivity contribution in [2.24, 2.45) is 11.5 Å². The van der Waals surface area contributed by atoms with Crippen molar-refractivity contribution in [3.63, 3.8) is 0 Å². The van der Waals surface area contributed by atoms with Crippen LogP contribution in [0, 0.1) is 11.6 Å². The summed E-state index contributed by atoms with van der Waals surface area (Å²) >= 11 is 0. The van der Waals surface area contributed by atoms with Crippen LogP contribution in [0.15, 0.2) is 97.1 Å². The van der Waals surface area contributed by atoms with Gasteiger partial charge in [-0.3, -0.25) is 20.2 Å². The van der Waals surface area contributed by atoms with Gasteiger partial charge in [-0.05, 0) is 73.2 Å². The first kappa shape index (κ1) is 38.2. The smallest absolute Gasteiger partial charge is 0.234 e. The fourth-order valence-electron chi connectivity index (χ4n) is 5.61. The Hall–Kier alpha value is -4.22. The molecule has 4 atom stereocenters. The van der Waals surface area contributed by atoms with Gasteiger partial charge in [-0.15, -0.1) is 24.8 Å². The van der Waals surface area contributed by atoms with Gasteiger partial charge < -0.3 is 20.9 Å². The normalized spacial score (nSPS) is 19.5. The Morgan fingerprint density at radius 1 is 0.583 bits per heavy atom. The lowest BCUT2D eigenvalue weighted by Crippen LogP contribution is -2.37. The monoisotopic (exact) mass is 700 g/mol. The van der Waals surface area contributed by atoms with Crippen LogP contribution in [0.2, 0.25) is 0 Å². The number of nitrogens with two attached hydrogens (primary N) is 2. The first-order chi connectivity index (χ1) is 22.3. The van der Waals surface area contributed by atoms with Crippen molar-refractivity contribution in [1.29, 1.82) is 0 Å². The molecule has 6 N–H and O–H groups in total. The van der Waals surface area contributed by atoms with E-state index in [1.807, 2.05) is 48.5 Å². The predicted molar refractivity (Wildman–Crippen MR) is 185 cm³/mol. The zero-order valence-electron chi connectivity index (χ0n) is 26.1. The highest BCUT2D eigenvalue weighted by molar-refractivity contribution is 5.85. The molecule has 0 radical (unpaired) electrons. The van der Waals surface area contributed by atoms with Crippen LogP contribution in [0.25, 0.3) is 0 Å². The molecule has 0 spiro atoms. The third-order valence-corrected chi connectivity index (χ3v) is 8.25. The SMILES string of the molecule is Cl.Cl.NC(=O)[C@H]1CC[C@@H](c2ccc(OCc3ccccc3F)cc2)N1.NC(=O)[C@H]1CC[C@H](c2ccc(OCc3ccccc3F)cc2)N1. The van der Waals surface area contributed by atoms with Crippen molar-refractivity contribution in [3.05, 3.63) is 131 Å². The first-order valence-electron chi connectivity index (χ1n) is 15.3. The van der Waals surface area contributed by atoms with Crippen LogP contribution < -0.4 is 31.6 Å². The zero-order valence-corrected chi connectivity index (χ0v) is 27.8. The van der Waals surface area contributed by atoms with Gasteiger partial charge in [0.25, 0.3) is 0 Å². The standard InChI is InChI=1S/2C18H19FN2O2.2ClH/c2*19-15-4-2-1-3-13(15)11-23-14-7-5-12(6-8-14)16-9-10-17(21-16)18(20)22;;/h2*1-8,16-17,21H,9-11H2,(H2,20,22);2*1H/t16-,17+;16-,17-;;/m01../s1. The molecule has 256 valence electrons. The van der Waals surface area contributed by atoms with Crippen LogP contribution >= 0.6 is 24.8 Å². The molecule has 2 saturated heterocycles. The van der Waals surface area contributed by atoms with Gasteiger partial charge in [0.05, 0.1) is 12.1 Å². The molecule has 0 unspecified atom stereocenters. The van der Waals surface area contributed by atoms with E-state index in [1.165, 1.54) is 12.1 Å². The molecule has 48 heavy (non-hydrogen) atoms. The molecule has 2 heterocycles. The first-order valence-corrected chi connectivity index (χ1v) is 15.3. The summed E-state index contributed by atoms with van der Waals surface area (Å²) in [4.78, 5) is 22.4. The fraction of sp³-hybridized carbons (Fsp3) is 0.278. The minimum atomic E-state index is -0.308. The Kier molecular flexibility index (Phi) is 14.6. The fourth-order valence-corrected chi connectivity index (χ4v) is 5.61. The van der Waals surface area contributed by atoms with Gasteiger partial charge in [-0.1, -0.05) is 60.7 Å². The number of halogens is 4. The van der Waals surface area contributed by atoms with Crippen LogP contribution in [0.3, 0.4) is 0 Å². The molecule has 4 aromatic rings. The van der Waals surface area contributed by atoms with E-state index in [0.717, 1.165) is 36.8 Å². The molecule has 12 heteroatoms. The quantitative estimate of drug-likeness (QED) is 0.156. The molecule has 0 aliphatic carbocycles. The van der Waals surface area contributed by atoms with Gasteiger partial charge in [-0.2, -0.15) is 0 Å². The van der Waals surface area contributed by atoms with E-state index in [9.17, 15) is 18.4 Å². The van der Waals surface area contributed by atoms with Crippen molar-refractivity contribution in [3.8, 4) is 11.5 Å². The molecule has 8 nitrogen and oxygen atoms in total. The molecule has 6 rings (SSSR count). The minimum Gasteiger partial charge on any atom is -0.489 e. The summed E-state index contributed by atoms with van der Waals surface area (Å²) in [5.74, 6) is 0.214. The Morgan fingerprint density at radius 3 is 1.25 bits per heavy atom. The summed E-state index contributed by atoms with van der Waals surface area (Å²) in [6.45, 7) is 0.384. The maximum atomic E-state index is 13.5. The summed E-state index contributed by atoms with van der Waals surface area (Å²) in [5, 5.41) is 6.45. The number of hydrogen-bond donors (Lipinski definition) is 4. The lowest BCUT2D eigenvalue weighted by atomic mass is 10.1.